The Kier molecular flexibility index (Phi) is 7.45. The van der Waals surface area contributed by atoms with Crippen molar-refractivity contribution in [2.24, 2.45) is 0 Å². The third-order valence-electron chi connectivity index (χ3n) is 3.53. The molecule has 0 aliphatic heterocycles. The molecule has 2 aromatic carbocycles. The van der Waals surface area contributed by atoms with Crippen LogP contribution in [0.5, 0.6) is 0 Å². The minimum atomic E-state index is -3.69. The van der Waals surface area contributed by atoms with E-state index in [1.807, 2.05) is 0 Å². The molecule has 10 heteroatoms. The SMILES string of the molecule is CCOC(=O)c1ccc(NC(=O)CN(c2cccc(Br)c2)S(C)(=O)=O)cc1Cl. The average molecular weight is 490 g/mol. The predicted octanol–water partition coefficient (Wildman–Crippen LogP) is 3.68. The number of ether oxygens (including phenoxy) is 1. The van der Waals surface area contributed by atoms with E-state index in [0.29, 0.717) is 15.8 Å². The van der Waals surface area contributed by atoms with E-state index in [4.69, 9.17) is 16.3 Å². The molecule has 0 aromatic heterocycles. The Labute approximate surface area is 176 Å². The van der Waals surface area contributed by atoms with Gasteiger partial charge in [-0.05, 0) is 43.3 Å². The molecule has 0 aliphatic rings. The molecule has 0 saturated carbocycles. The lowest BCUT2D eigenvalue weighted by Gasteiger charge is -2.22. The quantitative estimate of drug-likeness (QED) is 0.599. The number of nitrogens with zero attached hydrogens (tertiary/aromatic N) is 1. The zero-order chi connectivity index (χ0) is 20.9. The van der Waals surface area contributed by atoms with Crippen LogP contribution in [0.25, 0.3) is 0 Å². The standard InChI is InChI=1S/C18H18BrClN2O5S/c1-3-27-18(24)15-8-7-13(10-16(15)20)21-17(23)11-22(28(2,25)26)14-6-4-5-12(19)9-14/h4-10H,3,11H2,1-2H3,(H,21,23). The molecule has 28 heavy (non-hydrogen) atoms. The average Bonchev–Trinajstić information content (AvgIpc) is 2.59. The second-order valence-electron chi connectivity index (χ2n) is 5.71. The summed E-state index contributed by atoms with van der Waals surface area (Å²) in [4.78, 5) is 24.2. The molecule has 1 N–H and O–H groups in total. The number of nitrogens with one attached hydrogen (secondary N) is 1. The number of benzene rings is 2. The van der Waals surface area contributed by atoms with Gasteiger partial charge in [0.1, 0.15) is 6.54 Å². The zero-order valence-corrected chi connectivity index (χ0v) is 18.3. The van der Waals surface area contributed by atoms with Crippen LogP contribution in [-0.2, 0) is 19.6 Å². The van der Waals surface area contributed by atoms with E-state index < -0.39 is 28.4 Å². The number of anilines is 2. The van der Waals surface area contributed by atoms with Crippen molar-refractivity contribution in [2.45, 2.75) is 6.92 Å². The molecule has 2 aromatic rings. The molecule has 7 nitrogen and oxygen atoms in total. The zero-order valence-electron chi connectivity index (χ0n) is 15.1. The first kappa shape index (κ1) is 22.2. The molecule has 0 unspecified atom stereocenters. The van der Waals surface area contributed by atoms with Gasteiger partial charge in [0.05, 0.1) is 29.1 Å². The monoisotopic (exact) mass is 488 g/mol. The summed E-state index contributed by atoms with van der Waals surface area (Å²) in [7, 11) is -3.69. The first-order valence-corrected chi connectivity index (χ1v) is 11.1. The summed E-state index contributed by atoms with van der Waals surface area (Å²) in [6.07, 6.45) is 1.02. The molecule has 0 atom stereocenters. The van der Waals surface area contributed by atoms with Gasteiger partial charge in [-0.1, -0.05) is 33.6 Å². The Morgan fingerprint density at radius 1 is 1.21 bits per heavy atom. The first-order valence-electron chi connectivity index (χ1n) is 8.11. The Hall–Kier alpha value is -2.10. The molecule has 150 valence electrons. The minimum Gasteiger partial charge on any atom is -0.462 e. The predicted molar refractivity (Wildman–Crippen MR) is 112 cm³/mol. The smallest absolute Gasteiger partial charge is 0.339 e. The Morgan fingerprint density at radius 3 is 2.50 bits per heavy atom. The van der Waals surface area contributed by atoms with Crippen LogP contribution in [0.4, 0.5) is 11.4 Å². The number of hydrogen-bond donors (Lipinski definition) is 1. The van der Waals surface area contributed by atoms with Crippen molar-refractivity contribution in [1.82, 2.24) is 0 Å². The molecule has 0 heterocycles. The van der Waals surface area contributed by atoms with Crippen LogP contribution in [0, 0.1) is 0 Å². The lowest BCUT2D eigenvalue weighted by Crippen LogP contribution is -2.37. The van der Waals surface area contributed by atoms with E-state index in [0.717, 1.165) is 10.6 Å². The Balaban J connectivity index is 2.17. The van der Waals surface area contributed by atoms with Crippen LogP contribution in [0.15, 0.2) is 46.9 Å². The number of carbonyl (C=O) groups excluding carboxylic acids is 2. The van der Waals surface area contributed by atoms with Gasteiger partial charge in [0.15, 0.2) is 0 Å². The normalized spacial score (nSPS) is 11.0. The van der Waals surface area contributed by atoms with Crippen LogP contribution in [0.1, 0.15) is 17.3 Å². The van der Waals surface area contributed by atoms with Gasteiger partial charge in [-0.2, -0.15) is 0 Å². The summed E-state index contributed by atoms with van der Waals surface area (Å²) in [6, 6.07) is 10.9. The number of halogens is 2. The van der Waals surface area contributed by atoms with Gasteiger partial charge < -0.3 is 10.1 Å². The van der Waals surface area contributed by atoms with Crippen molar-refractivity contribution in [3.63, 3.8) is 0 Å². The summed E-state index contributed by atoms with van der Waals surface area (Å²) in [6.45, 7) is 1.47. The summed E-state index contributed by atoms with van der Waals surface area (Å²) in [5, 5.41) is 2.69. The van der Waals surface area contributed by atoms with Gasteiger partial charge in [-0.15, -0.1) is 0 Å². The fraction of sp³-hybridized carbons (Fsp3) is 0.222. The van der Waals surface area contributed by atoms with Gasteiger partial charge in [-0.25, -0.2) is 13.2 Å². The fourth-order valence-electron chi connectivity index (χ4n) is 2.33. The minimum absolute atomic E-state index is 0.114. The van der Waals surface area contributed by atoms with E-state index in [1.165, 1.54) is 18.2 Å². The molecule has 1 amide bonds. The van der Waals surface area contributed by atoms with E-state index in [9.17, 15) is 18.0 Å². The highest BCUT2D eigenvalue weighted by Gasteiger charge is 2.21. The topological polar surface area (TPSA) is 92.8 Å². The van der Waals surface area contributed by atoms with Crippen LogP contribution < -0.4 is 9.62 Å². The highest BCUT2D eigenvalue weighted by molar-refractivity contribution is 9.10. The van der Waals surface area contributed by atoms with E-state index >= 15 is 0 Å². The number of sulfonamides is 1. The number of esters is 1. The Bertz CT molecular complexity index is 997. The van der Waals surface area contributed by atoms with Crippen LogP contribution in [0.2, 0.25) is 5.02 Å². The van der Waals surface area contributed by atoms with Crippen molar-refractivity contribution in [2.75, 3.05) is 29.0 Å². The molecule has 0 aliphatic carbocycles. The van der Waals surface area contributed by atoms with Crippen LogP contribution in [0.3, 0.4) is 0 Å². The maximum absolute atomic E-state index is 12.4. The van der Waals surface area contributed by atoms with Gasteiger partial charge in [0.25, 0.3) is 0 Å². The molecule has 2 rings (SSSR count). The molecule has 0 fully saturated rings. The molecular formula is C18H18BrClN2O5S. The molecule has 0 bridgehead atoms. The molecule has 0 spiro atoms. The third-order valence-corrected chi connectivity index (χ3v) is 5.48. The van der Waals surface area contributed by atoms with Crippen molar-refractivity contribution in [1.29, 1.82) is 0 Å². The number of rotatable bonds is 7. The van der Waals surface area contributed by atoms with Gasteiger partial charge in [-0.3, -0.25) is 9.10 Å². The van der Waals surface area contributed by atoms with Crippen LogP contribution >= 0.6 is 27.5 Å². The van der Waals surface area contributed by atoms with E-state index in [-0.39, 0.29) is 17.2 Å². The van der Waals surface area contributed by atoms with Crippen molar-refractivity contribution < 1.29 is 22.7 Å². The fourth-order valence-corrected chi connectivity index (χ4v) is 3.82. The lowest BCUT2D eigenvalue weighted by molar-refractivity contribution is -0.114. The lowest BCUT2D eigenvalue weighted by atomic mass is 10.2. The van der Waals surface area contributed by atoms with Crippen molar-refractivity contribution in [3.05, 3.63) is 57.5 Å². The molecule has 0 saturated heterocycles. The second-order valence-corrected chi connectivity index (χ2v) is 8.94. The molecule has 0 radical (unpaired) electrons. The summed E-state index contributed by atoms with van der Waals surface area (Å²) in [5.41, 5.74) is 0.849. The Morgan fingerprint density at radius 2 is 1.93 bits per heavy atom. The van der Waals surface area contributed by atoms with Gasteiger partial charge >= 0.3 is 5.97 Å². The first-order chi connectivity index (χ1) is 13.1. The van der Waals surface area contributed by atoms with E-state index in [2.05, 4.69) is 21.2 Å². The summed E-state index contributed by atoms with van der Waals surface area (Å²) < 4.78 is 30.8. The van der Waals surface area contributed by atoms with Crippen molar-refractivity contribution in [3.8, 4) is 0 Å². The highest BCUT2D eigenvalue weighted by Crippen LogP contribution is 2.24. The summed E-state index contributed by atoms with van der Waals surface area (Å²) >= 11 is 9.35. The molecular weight excluding hydrogens is 472 g/mol. The van der Waals surface area contributed by atoms with Gasteiger partial charge in [0, 0.05) is 10.2 Å². The largest absolute Gasteiger partial charge is 0.462 e. The van der Waals surface area contributed by atoms with Gasteiger partial charge in [0.2, 0.25) is 15.9 Å². The number of carbonyl (C=O) groups is 2. The maximum Gasteiger partial charge on any atom is 0.339 e. The highest BCUT2D eigenvalue weighted by atomic mass is 79.9. The van der Waals surface area contributed by atoms with Crippen molar-refractivity contribution >= 4 is 60.8 Å². The van der Waals surface area contributed by atoms with E-state index in [1.54, 1.807) is 31.2 Å². The number of amides is 1. The third kappa shape index (κ3) is 5.95. The second kappa shape index (κ2) is 9.40. The van der Waals surface area contributed by atoms with Crippen LogP contribution in [-0.4, -0.2) is 39.7 Å². The summed E-state index contributed by atoms with van der Waals surface area (Å²) in [5.74, 6) is -1.13. The maximum atomic E-state index is 12.4. The number of hydrogen-bond acceptors (Lipinski definition) is 5.